The fourth-order valence-corrected chi connectivity index (χ4v) is 7.42. The number of halogens is 3. The lowest BCUT2D eigenvalue weighted by Crippen LogP contribution is -2.55. The van der Waals surface area contributed by atoms with Gasteiger partial charge in [0.05, 0.1) is 49.4 Å². The number of nitrogens with zero attached hydrogens (tertiary/aromatic N) is 6. The number of benzene rings is 2. The van der Waals surface area contributed by atoms with Crippen LogP contribution in [0.25, 0.3) is 16.5 Å². The number of aliphatic hydroxyl groups is 1. The van der Waals surface area contributed by atoms with E-state index < -0.39 is 24.0 Å². The van der Waals surface area contributed by atoms with Gasteiger partial charge in [0.1, 0.15) is 11.9 Å². The van der Waals surface area contributed by atoms with Crippen molar-refractivity contribution in [2.24, 2.45) is 0 Å². The van der Waals surface area contributed by atoms with Crippen LogP contribution in [0.3, 0.4) is 0 Å². The van der Waals surface area contributed by atoms with Gasteiger partial charge in [-0.1, -0.05) is 36.4 Å². The molecule has 0 spiro atoms. The SMILES string of the molecule is COc1ccc(CN2C=C(C(F)(F)F)C(n3cc4ccccc4c3CO[C@@H]3CCN([C@@H]4CCN(c5ncc(C6CC6)cn5)C[C@H]4O)C3=O)=CN2)cc1. The van der Waals surface area contributed by atoms with Crippen molar-refractivity contribution < 1.29 is 32.5 Å². The van der Waals surface area contributed by atoms with E-state index in [-0.39, 0.29) is 30.8 Å². The molecule has 4 aliphatic rings. The van der Waals surface area contributed by atoms with Crippen molar-refractivity contribution in [3.63, 3.8) is 0 Å². The van der Waals surface area contributed by atoms with Gasteiger partial charge in [-0.25, -0.2) is 9.97 Å². The first-order valence-electron chi connectivity index (χ1n) is 17.6. The quantitative estimate of drug-likeness (QED) is 0.225. The Bertz CT molecular complexity index is 1990. The number of carbonyl (C=O) groups is 1. The van der Waals surface area contributed by atoms with Crippen LogP contribution < -0.4 is 15.1 Å². The summed E-state index contributed by atoms with van der Waals surface area (Å²) < 4.78 is 56.9. The highest BCUT2D eigenvalue weighted by Gasteiger charge is 2.43. The molecule has 1 aliphatic carbocycles. The number of hydrogen-bond acceptors (Lipinski definition) is 9. The number of amides is 1. The number of alkyl halides is 3. The lowest BCUT2D eigenvalue weighted by Gasteiger charge is -2.40. The molecule has 3 atom stereocenters. The van der Waals surface area contributed by atoms with Gasteiger partial charge in [-0.05, 0) is 48.4 Å². The lowest BCUT2D eigenvalue weighted by atomic mass is 10.0. The van der Waals surface area contributed by atoms with Gasteiger partial charge in [-0.3, -0.25) is 9.80 Å². The summed E-state index contributed by atoms with van der Waals surface area (Å²) in [5, 5.41) is 14.0. The highest BCUT2D eigenvalue weighted by molar-refractivity contribution is 5.88. The Hall–Kier alpha value is -5.08. The Morgan fingerprint density at radius 3 is 2.48 bits per heavy atom. The van der Waals surface area contributed by atoms with E-state index in [0.29, 0.717) is 55.8 Å². The van der Waals surface area contributed by atoms with Gasteiger partial charge in [0.15, 0.2) is 0 Å². The summed E-state index contributed by atoms with van der Waals surface area (Å²) in [6.07, 6.45) is 4.85. The Kier molecular flexibility index (Phi) is 9.04. The van der Waals surface area contributed by atoms with E-state index >= 15 is 0 Å². The van der Waals surface area contributed by atoms with Gasteiger partial charge in [0, 0.05) is 67.8 Å². The van der Waals surface area contributed by atoms with Gasteiger partial charge < -0.3 is 34.4 Å². The summed E-state index contributed by atoms with van der Waals surface area (Å²) in [4.78, 5) is 26.4. The van der Waals surface area contributed by atoms with E-state index in [4.69, 9.17) is 9.47 Å². The number of β-amino-alcohol motifs (C(OH)–C–C–N with tert-alkyl or cyclic N) is 1. The molecule has 8 rings (SSSR count). The van der Waals surface area contributed by atoms with E-state index in [1.807, 2.05) is 41.6 Å². The second-order valence-electron chi connectivity index (χ2n) is 13.8. The third kappa shape index (κ3) is 6.80. The Morgan fingerprint density at radius 2 is 1.77 bits per heavy atom. The fraction of sp³-hybridized carbons (Fsp3) is 0.395. The van der Waals surface area contributed by atoms with Crippen LogP contribution in [0.4, 0.5) is 19.1 Å². The first kappa shape index (κ1) is 34.0. The second kappa shape index (κ2) is 13.8. The van der Waals surface area contributed by atoms with Crippen LogP contribution in [0.15, 0.2) is 85.1 Å². The summed E-state index contributed by atoms with van der Waals surface area (Å²) in [6.45, 7) is 1.41. The third-order valence-corrected chi connectivity index (χ3v) is 10.4. The van der Waals surface area contributed by atoms with E-state index in [1.165, 1.54) is 28.6 Å². The number of carbonyl (C=O) groups excluding carboxylic acids is 1. The van der Waals surface area contributed by atoms with Crippen molar-refractivity contribution >= 4 is 28.3 Å². The standard InChI is InChI=1S/C38H40F3N7O4/c1-51-28-10-6-24(7-11-28)19-46-21-30(38(39,40)41)32(18-44-46)48-20-26-4-2-3-5-29(26)33(48)23-52-35-13-15-47(36(35)50)31-12-14-45(22-34(31)49)37-42-16-27(17-43-37)25-8-9-25/h2-7,10-11,16-18,20-21,25,31,34-35,44,49H,8-9,12-15,19,22-23H2,1H3/t31-,34-,35-/m1/s1. The maximum Gasteiger partial charge on any atom is 0.419 e. The van der Waals surface area contributed by atoms with Gasteiger partial charge in [-0.15, -0.1) is 0 Å². The molecule has 3 fully saturated rings. The van der Waals surface area contributed by atoms with Gasteiger partial charge in [-0.2, -0.15) is 13.2 Å². The molecule has 14 heteroatoms. The minimum atomic E-state index is -4.66. The zero-order chi connectivity index (χ0) is 36.0. The Balaban J connectivity index is 0.961. The maximum atomic E-state index is 14.7. The molecule has 4 aromatic rings. The number of nitrogens with one attached hydrogen (secondary N) is 1. The number of rotatable bonds is 10. The lowest BCUT2D eigenvalue weighted by molar-refractivity contribution is -0.142. The summed E-state index contributed by atoms with van der Waals surface area (Å²) in [6, 6.07) is 14.1. The fourth-order valence-electron chi connectivity index (χ4n) is 7.42. The minimum Gasteiger partial charge on any atom is -0.497 e. The summed E-state index contributed by atoms with van der Waals surface area (Å²) in [5.41, 5.74) is 4.52. The van der Waals surface area contributed by atoms with Gasteiger partial charge in [0.2, 0.25) is 5.95 Å². The predicted octanol–water partition coefficient (Wildman–Crippen LogP) is 5.34. The van der Waals surface area contributed by atoms with Crippen molar-refractivity contribution in [3.8, 4) is 5.75 Å². The molecule has 1 amide bonds. The van der Waals surface area contributed by atoms with Crippen molar-refractivity contribution in [3.05, 3.63) is 102 Å². The van der Waals surface area contributed by atoms with E-state index in [1.54, 1.807) is 42.5 Å². The van der Waals surface area contributed by atoms with Crippen molar-refractivity contribution in [2.75, 3.05) is 31.6 Å². The highest BCUT2D eigenvalue weighted by atomic mass is 19.4. The zero-order valence-corrected chi connectivity index (χ0v) is 28.7. The Morgan fingerprint density at radius 1 is 1.00 bits per heavy atom. The molecule has 0 unspecified atom stereocenters. The second-order valence-corrected chi connectivity index (χ2v) is 13.8. The number of aromatic nitrogens is 3. The first-order valence-corrected chi connectivity index (χ1v) is 17.6. The molecule has 272 valence electrons. The molecule has 2 saturated heterocycles. The van der Waals surface area contributed by atoms with Crippen molar-refractivity contribution in [2.45, 2.75) is 69.2 Å². The van der Waals surface area contributed by atoms with Crippen LogP contribution in [0.2, 0.25) is 0 Å². The molecule has 1 saturated carbocycles. The van der Waals surface area contributed by atoms with E-state index in [9.17, 15) is 23.1 Å². The smallest absolute Gasteiger partial charge is 0.419 e. The average molecular weight is 716 g/mol. The normalized spacial score (nSPS) is 22.4. The molecule has 3 aliphatic heterocycles. The monoisotopic (exact) mass is 715 g/mol. The molecule has 2 aromatic heterocycles. The number of hydrazine groups is 1. The van der Waals surface area contributed by atoms with Gasteiger partial charge in [0.25, 0.3) is 5.91 Å². The molecule has 11 nitrogen and oxygen atoms in total. The molecule has 0 radical (unpaired) electrons. The van der Waals surface area contributed by atoms with E-state index in [2.05, 4.69) is 15.4 Å². The molecule has 52 heavy (non-hydrogen) atoms. The number of methoxy groups -OCH3 is 1. The largest absolute Gasteiger partial charge is 0.497 e. The summed E-state index contributed by atoms with van der Waals surface area (Å²) in [5.74, 6) is 1.56. The summed E-state index contributed by atoms with van der Waals surface area (Å²) >= 11 is 0. The number of aliphatic hydroxyl groups excluding tert-OH is 1. The number of hydrogen-bond donors (Lipinski definition) is 2. The van der Waals surface area contributed by atoms with E-state index in [0.717, 1.165) is 28.1 Å². The number of fused-ring (bicyclic) bond motifs is 1. The number of likely N-dealkylation sites (tertiary alicyclic amines) is 1. The molecular formula is C38H40F3N7O4. The summed E-state index contributed by atoms with van der Waals surface area (Å²) in [7, 11) is 1.55. The molecule has 5 heterocycles. The zero-order valence-electron chi connectivity index (χ0n) is 28.7. The molecule has 2 aromatic carbocycles. The maximum absolute atomic E-state index is 14.7. The average Bonchev–Trinajstić information content (AvgIpc) is 3.85. The number of piperidine rings is 1. The van der Waals surface area contributed by atoms with Crippen molar-refractivity contribution in [1.29, 1.82) is 0 Å². The van der Waals surface area contributed by atoms with Crippen molar-refractivity contribution in [1.82, 2.24) is 29.9 Å². The highest BCUT2D eigenvalue weighted by Crippen LogP contribution is 2.40. The number of allylic oxidation sites excluding steroid dienone is 2. The molecule has 0 bridgehead atoms. The number of ether oxygens (including phenoxy) is 2. The third-order valence-electron chi connectivity index (χ3n) is 10.4. The minimum absolute atomic E-state index is 0.0892. The van der Waals surface area contributed by atoms with Crippen LogP contribution in [0.1, 0.15) is 48.4 Å². The topological polar surface area (TPSA) is 108 Å². The van der Waals surface area contributed by atoms with Crippen LogP contribution in [-0.4, -0.2) is 86.6 Å². The first-order chi connectivity index (χ1) is 25.2. The van der Waals surface area contributed by atoms with Crippen LogP contribution in [0.5, 0.6) is 5.75 Å². The molecule has 2 N–H and O–H groups in total. The van der Waals surface area contributed by atoms with Gasteiger partial charge >= 0.3 is 6.18 Å². The number of anilines is 1. The Labute approximate surface area is 298 Å². The molecular weight excluding hydrogens is 675 g/mol. The predicted molar refractivity (Wildman–Crippen MR) is 188 cm³/mol. The van der Waals surface area contributed by atoms with Crippen LogP contribution in [-0.2, 0) is 22.7 Å². The van der Waals surface area contributed by atoms with Crippen LogP contribution >= 0.6 is 0 Å². The van der Waals surface area contributed by atoms with Crippen LogP contribution in [0, 0.1) is 0 Å².